The van der Waals surface area contributed by atoms with Gasteiger partial charge in [0.05, 0.1) is 18.4 Å². The van der Waals surface area contributed by atoms with E-state index in [0.717, 1.165) is 37.2 Å². The fourth-order valence-corrected chi connectivity index (χ4v) is 4.88. The molecule has 2 aromatic carbocycles. The zero-order valence-corrected chi connectivity index (χ0v) is 20.3. The molecule has 1 saturated heterocycles. The zero-order valence-electron chi connectivity index (χ0n) is 20.3. The summed E-state index contributed by atoms with van der Waals surface area (Å²) in [5.74, 6) is 6.27. The molecule has 0 aliphatic carbocycles. The predicted octanol–water partition coefficient (Wildman–Crippen LogP) is 2.39. The van der Waals surface area contributed by atoms with E-state index in [-0.39, 0.29) is 0 Å². The molecule has 1 fully saturated rings. The van der Waals surface area contributed by atoms with Crippen molar-refractivity contribution in [1.29, 1.82) is 0 Å². The molecule has 3 heterocycles. The molecule has 2 aromatic heterocycles. The number of piperazine rings is 1. The lowest BCUT2D eigenvalue weighted by Crippen LogP contribution is -2.52. The van der Waals surface area contributed by atoms with Gasteiger partial charge in [0.1, 0.15) is 5.82 Å². The molecule has 9 nitrogen and oxygen atoms in total. The maximum Gasteiger partial charge on any atom is 0.165 e. The van der Waals surface area contributed by atoms with Gasteiger partial charge in [-0.25, -0.2) is 10.8 Å². The minimum absolute atomic E-state index is 0.370. The number of nitrogens with two attached hydrogens (primary N) is 3. The first kappa shape index (κ1) is 23.7. The van der Waals surface area contributed by atoms with Gasteiger partial charge >= 0.3 is 0 Å². The molecule has 0 saturated carbocycles. The highest BCUT2D eigenvalue weighted by molar-refractivity contribution is 5.68. The summed E-state index contributed by atoms with van der Waals surface area (Å²) < 4.78 is 1.95. The van der Waals surface area contributed by atoms with Crippen LogP contribution in [0.1, 0.15) is 22.3 Å². The van der Waals surface area contributed by atoms with E-state index in [2.05, 4.69) is 80.3 Å². The van der Waals surface area contributed by atoms with E-state index in [1.54, 1.807) is 6.07 Å². The van der Waals surface area contributed by atoms with Gasteiger partial charge in [0.25, 0.3) is 0 Å². The van der Waals surface area contributed by atoms with Crippen molar-refractivity contribution in [3.63, 3.8) is 0 Å². The Hall–Kier alpha value is -4.08. The summed E-state index contributed by atoms with van der Waals surface area (Å²) in [5.41, 5.74) is 20.8. The molecule has 8 N–H and O–H groups in total. The third-order valence-corrected chi connectivity index (χ3v) is 6.63. The Morgan fingerprint density at radius 1 is 1.00 bits per heavy atom. The van der Waals surface area contributed by atoms with Gasteiger partial charge in [0.2, 0.25) is 0 Å². The van der Waals surface area contributed by atoms with E-state index in [4.69, 9.17) is 17.3 Å². The molecule has 9 heteroatoms. The van der Waals surface area contributed by atoms with Crippen molar-refractivity contribution in [2.75, 3.05) is 41.4 Å². The lowest BCUT2D eigenvalue weighted by atomic mass is 10.0. The minimum atomic E-state index is 0.370. The number of nitrogens with zero attached hydrogens (tertiary/aromatic N) is 4. The third kappa shape index (κ3) is 5.42. The standard InChI is InChI=1S/C27H33N9/c28-25-14-22(26(29)27(33-25)34-30)11-21-15-32-35(18-21)17-20-7-4-8-23(13-20)36-10-9-31-16-24(36)12-19-5-2-1-3-6-19/h1-8,13-15,18,24,31H,9-12,16-17,29-30H2,(H3,28,33,34). The minimum Gasteiger partial charge on any atom is -0.395 e. The normalized spacial score (nSPS) is 15.7. The van der Waals surface area contributed by atoms with Gasteiger partial charge in [-0.3, -0.25) is 4.68 Å². The summed E-state index contributed by atoms with van der Waals surface area (Å²) in [6.07, 6.45) is 5.52. The Labute approximate surface area is 211 Å². The first-order chi connectivity index (χ1) is 17.6. The van der Waals surface area contributed by atoms with Crippen molar-refractivity contribution < 1.29 is 0 Å². The highest BCUT2D eigenvalue weighted by atomic mass is 15.3. The molecular formula is C27H33N9. The average molecular weight is 484 g/mol. The summed E-state index contributed by atoms with van der Waals surface area (Å²) in [6, 6.07) is 21.7. The van der Waals surface area contributed by atoms with Crippen LogP contribution in [0.15, 0.2) is 73.1 Å². The highest BCUT2D eigenvalue weighted by Gasteiger charge is 2.23. The van der Waals surface area contributed by atoms with E-state index < -0.39 is 0 Å². The van der Waals surface area contributed by atoms with E-state index in [0.29, 0.717) is 36.3 Å². The lowest BCUT2D eigenvalue weighted by Gasteiger charge is -2.38. The Morgan fingerprint density at radius 3 is 2.67 bits per heavy atom. The van der Waals surface area contributed by atoms with Crippen LogP contribution in [0.2, 0.25) is 0 Å². The van der Waals surface area contributed by atoms with E-state index in [1.165, 1.54) is 16.8 Å². The van der Waals surface area contributed by atoms with Gasteiger partial charge in [-0.2, -0.15) is 5.10 Å². The van der Waals surface area contributed by atoms with Crippen LogP contribution in [0.25, 0.3) is 0 Å². The largest absolute Gasteiger partial charge is 0.395 e. The second-order valence-electron chi connectivity index (χ2n) is 9.25. The molecule has 36 heavy (non-hydrogen) atoms. The molecule has 0 radical (unpaired) electrons. The van der Waals surface area contributed by atoms with Crippen LogP contribution in [-0.4, -0.2) is 40.4 Å². The van der Waals surface area contributed by atoms with Gasteiger partial charge in [0, 0.05) is 44.0 Å². The molecule has 4 aromatic rings. The SMILES string of the molecule is NNc1nc(N)cc(Cc2cnn(Cc3cccc(N4CCNCC4Cc4ccccc4)c3)c2)c1N. The third-order valence-electron chi connectivity index (χ3n) is 6.63. The quantitative estimate of drug-likeness (QED) is 0.190. The van der Waals surface area contributed by atoms with Crippen LogP contribution in [0.5, 0.6) is 0 Å². The van der Waals surface area contributed by atoms with Gasteiger partial charge in [-0.1, -0.05) is 42.5 Å². The van der Waals surface area contributed by atoms with Crippen molar-refractivity contribution in [3.8, 4) is 0 Å². The molecule has 186 valence electrons. The molecular weight excluding hydrogens is 450 g/mol. The molecule has 1 unspecified atom stereocenters. The van der Waals surface area contributed by atoms with Crippen LogP contribution in [0.3, 0.4) is 0 Å². The number of hydrazine groups is 1. The Balaban J connectivity index is 1.29. The van der Waals surface area contributed by atoms with Gasteiger partial charge in [0.15, 0.2) is 5.82 Å². The number of anilines is 4. The van der Waals surface area contributed by atoms with Crippen LogP contribution in [-0.2, 0) is 19.4 Å². The number of hydrogen-bond acceptors (Lipinski definition) is 8. The van der Waals surface area contributed by atoms with E-state index >= 15 is 0 Å². The summed E-state index contributed by atoms with van der Waals surface area (Å²) >= 11 is 0. The fraction of sp³-hybridized carbons (Fsp3) is 0.259. The van der Waals surface area contributed by atoms with Gasteiger partial charge in [-0.15, -0.1) is 0 Å². The number of rotatable bonds is 8. The van der Waals surface area contributed by atoms with Crippen LogP contribution in [0.4, 0.5) is 23.0 Å². The van der Waals surface area contributed by atoms with Crippen molar-refractivity contribution in [1.82, 2.24) is 20.1 Å². The summed E-state index contributed by atoms with van der Waals surface area (Å²) in [4.78, 5) is 6.65. The van der Waals surface area contributed by atoms with E-state index in [9.17, 15) is 0 Å². The average Bonchev–Trinajstić information content (AvgIpc) is 3.33. The predicted molar refractivity (Wildman–Crippen MR) is 146 cm³/mol. The first-order valence-electron chi connectivity index (χ1n) is 12.2. The smallest absolute Gasteiger partial charge is 0.165 e. The Morgan fingerprint density at radius 2 is 1.83 bits per heavy atom. The van der Waals surface area contributed by atoms with Crippen molar-refractivity contribution in [2.24, 2.45) is 5.84 Å². The zero-order chi connectivity index (χ0) is 24.9. The lowest BCUT2D eigenvalue weighted by molar-refractivity contribution is 0.473. The number of hydrogen-bond donors (Lipinski definition) is 5. The van der Waals surface area contributed by atoms with Crippen molar-refractivity contribution >= 4 is 23.0 Å². The van der Waals surface area contributed by atoms with Gasteiger partial charge in [-0.05, 0) is 46.9 Å². The van der Waals surface area contributed by atoms with E-state index in [1.807, 2.05) is 17.1 Å². The molecule has 0 spiro atoms. The topological polar surface area (TPSA) is 136 Å². The number of pyridine rings is 1. The fourth-order valence-electron chi connectivity index (χ4n) is 4.88. The van der Waals surface area contributed by atoms with Crippen LogP contribution < -0.4 is 33.0 Å². The number of aromatic nitrogens is 3. The van der Waals surface area contributed by atoms with Crippen LogP contribution >= 0.6 is 0 Å². The molecule has 5 rings (SSSR count). The summed E-state index contributed by atoms with van der Waals surface area (Å²) in [7, 11) is 0. The molecule has 1 aliphatic heterocycles. The van der Waals surface area contributed by atoms with Gasteiger partial charge < -0.3 is 27.1 Å². The van der Waals surface area contributed by atoms with Crippen LogP contribution in [0, 0.1) is 0 Å². The Kier molecular flexibility index (Phi) is 7.01. The second kappa shape index (κ2) is 10.7. The summed E-state index contributed by atoms with van der Waals surface area (Å²) in [5, 5.41) is 8.14. The number of benzene rings is 2. The molecule has 1 aliphatic rings. The monoisotopic (exact) mass is 483 g/mol. The maximum absolute atomic E-state index is 6.19. The van der Waals surface area contributed by atoms with Crippen molar-refractivity contribution in [2.45, 2.75) is 25.4 Å². The molecule has 0 bridgehead atoms. The maximum atomic E-state index is 6.19. The Bertz CT molecular complexity index is 1300. The molecule has 0 amide bonds. The number of nitrogen functional groups attached to an aromatic ring is 3. The second-order valence-corrected chi connectivity index (χ2v) is 9.25. The molecule has 1 atom stereocenters. The highest BCUT2D eigenvalue weighted by Crippen LogP contribution is 2.25. The number of nitrogens with one attached hydrogen (secondary N) is 2. The summed E-state index contributed by atoms with van der Waals surface area (Å²) in [6.45, 7) is 3.64. The van der Waals surface area contributed by atoms with Crippen molar-refractivity contribution in [3.05, 3.63) is 95.3 Å². The first-order valence-corrected chi connectivity index (χ1v) is 12.2.